The molecule has 0 fully saturated rings. The van der Waals surface area contributed by atoms with Crippen LogP contribution in [0.15, 0.2) is 77.7 Å². The van der Waals surface area contributed by atoms with Crippen LogP contribution in [0.1, 0.15) is 10.4 Å². The van der Waals surface area contributed by atoms with E-state index in [0.717, 1.165) is 4.31 Å². The molecule has 1 heterocycles. The highest BCUT2D eigenvalue weighted by Crippen LogP contribution is 2.29. The van der Waals surface area contributed by atoms with E-state index in [1.807, 2.05) is 30.3 Å². The van der Waals surface area contributed by atoms with Crippen molar-refractivity contribution in [2.45, 2.75) is 4.90 Å². The van der Waals surface area contributed by atoms with Gasteiger partial charge in [0, 0.05) is 19.7 Å². The molecule has 4 aromatic rings. The van der Waals surface area contributed by atoms with Crippen LogP contribution in [0.2, 0.25) is 0 Å². The fourth-order valence-corrected chi connectivity index (χ4v) is 4.73. The van der Waals surface area contributed by atoms with Gasteiger partial charge in [0.2, 0.25) is 10.0 Å². The molecule has 0 radical (unpaired) electrons. The number of ether oxygens (including phenoxy) is 1. The zero-order chi connectivity index (χ0) is 22.0. The Kier molecular flexibility index (Phi) is 5.73. The number of hydrogen-bond acceptors (Lipinski definition) is 6. The number of anilines is 1. The van der Waals surface area contributed by atoms with E-state index < -0.39 is 10.0 Å². The molecule has 1 aromatic heterocycles. The Bertz CT molecular complexity index is 1350. The lowest BCUT2D eigenvalue weighted by molar-refractivity contribution is 0.102. The number of sulfonamides is 1. The van der Waals surface area contributed by atoms with Gasteiger partial charge in [-0.05, 0) is 48.5 Å². The topological polar surface area (TPSA) is 88.6 Å². The van der Waals surface area contributed by atoms with E-state index in [1.165, 1.54) is 31.5 Å². The summed E-state index contributed by atoms with van der Waals surface area (Å²) in [6.07, 6.45) is 0. The first kappa shape index (κ1) is 21.0. The molecule has 4 rings (SSSR count). The highest BCUT2D eigenvalue weighted by atomic mass is 32.2. The fourth-order valence-electron chi connectivity index (χ4n) is 2.82. The maximum absolute atomic E-state index is 12.7. The molecule has 0 aliphatic rings. The molecule has 158 valence electrons. The number of nitrogens with one attached hydrogen (secondary N) is 1. The maximum atomic E-state index is 12.7. The second kappa shape index (κ2) is 8.46. The van der Waals surface area contributed by atoms with Gasteiger partial charge >= 0.3 is 0 Å². The van der Waals surface area contributed by atoms with Crippen LogP contribution in [0, 0.1) is 0 Å². The fraction of sp³-hybridized carbons (Fsp3) is 0.0909. The second-order valence-corrected chi connectivity index (χ2v) is 10.0. The first-order valence-corrected chi connectivity index (χ1v) is 11.6. The Morgan fingerprint density at radius 3 is 2.45 bits per heavy atom. The van der Waals surface area contributed by atoms with Crippen molar-refractivity contribution in [3.63, 3.8) is 0 Å². The number of aromatic nitrogens is 1. The average molecular weight is 454 g/mol. The standard InChI is InChI=1S/C22H19N3O4S2/c1-25(2)31(27,28)18-11-12-19-20(14-18)30-22(23-19)24-21(26)15-7-6-10-17(13-15)29-16-8-4-3-5-9-16/h3-14H,1-2H3,(H,23,24,26). The van der Waals surface area contributed by atoms with Crippen LogP contribution in [-0.2, 0) is 10.0 Å². The lowest BCUT2D eigenvalue weighted by Crippen LogP contribution is -2.22. The molecule has 1 amide bonds. The number of para-hydroxylation sites is 1. The van der Waals surface area contributed by atoms with Crippen molar-refractivity contribution in [2.75, 3.05) is 19.4 Å². The van der Waals surface area contributed by atoms with Crippen molar-refractivity contribution in [1.82, 2.24) is 9.29 Å². The molecule has 1 N–H and O–H groups in total. The number of nitrogens with zero attached hydrogens (tertiary/aromatic N) is 2. The minimum atomic E-state index is -3.54. The molecular formula is C22H19N3O4S2. The molecule has 0 unspecified atom stereocenters. The third kappa shape index (κ3) is 4.58. The third-order valence-electron chi connectivity index (χ3n) is 4.43. The first-order chi connectivity index (χ1) is 14.8. The number of amides is 1. The second-order valence-electron chi connectivity index (χ2n) is 6.83. The number of carbonyl (C=O) groups is 1. The summed E-state index contributed by atoms with van der Waals surface area (Å²) in [5.41, 5.74) is 1.03. The summed E-state index contributed by atoms with van der Waals surface area (Å²) in [7, 11) is -0.586. The molecule has 0 bridgehead atoms. The van der Waals surface area contributed by atoms with Gasteiger partial charge in [0.15, 0.2) is 5.13 Å². The van der Waals surface area contributed by atoms with Crippen LogP contribution in [0.25, 0.3) is 10.2 Å². The zero-order valence-electron chi connectivity index (χ0n) is 16.8. The van der Waals surface area contributed by atoms with Crippen LogP contribution in [0.3, 0.4) is 0 Å². The number of fused-ring (bicyclic) bond motifs is 1. The van der Waals surface area contributed by atoms with Crippen molar-refractivity contribution < 1.29 is 17.9 Å². The summed E-state index contributed by atoms with van der Waals surface area (Å²) < 4.78 is 32.3. The molecule has 31 heavy (non-hydrogen) atoms. The van der Waals surface area contributed by atoms with Gasteiger partial charge in [-0.1, -0.05) is 35.6 Å². The Hall–Kier alpha value is -3.27. The normalized spacial score (nSPS) is 11.6. The minimum absolute atomic E-state index is 0.178. The van der Waals surface area contributed by atoms with Gasteiger partial charge in [-0.2, -0.15) is 0 Å². The Morgan fingerprint density at radius 2 is 1.71 bits per heavy atom. The summed E-state index contributed by atoms with van der Waals surface area (Å²) in [6.45, 7) is 0. The zero-order valence-corrected chi connectivity index (χ0v) is 18.4. The van der Waals surface area contributed by atoms with Crippen molar-refractivity contribution in [3.8, 4) is 11.5 Å². The Morgan fingerprint density at radius 1 is 0.968 bits per heavy atom. The van der Waals surface area contributed by atoms with Crippen LogP contribution < -0.4 is 10.1 Å². The average Bonchev–Trinajstić information content (AvgIpc) is 3.16. The molecule has 7 nitrogen and oxygen atoms in total. The van der Waals surface area contributed by atoms with Crippen molar-refractivity contribution in [1.29, 1.82) is 0 Å². The Labute approximate surface area is 184 Å². The lowest BCUT2D eigenvalue weighted by Gasteiger charge is -2.10. The van der Waals surface area contributed by atoms with Crippen LogP contribution in [0.4, 0.5) is 5.13 Å². The number of rotatable bonds is 6. The van der Waals surface area contributed by atoms with E-state index >= 15 is 0 Å². The predicted octanol–water partition coefficient (Wildman–Crippen LogP) is 4.59. The maximum Gasteiger partial charge on any atom is 0.257 e. The molecule has 0 aliphatic carbocycles. The third-order valence-corrected chi connectivity index (χ3v) is 7.18. The van der Waals surface area contributed by atoms with E-state index in [0.29, 0.717) is 32.4 Å². The van der Waals surface area contributed by atoms with Gasteiger partial charge in [0.25, 0.3) is 5.91 Å². The van der Waals surface area contributed by atoms with Crippen molar-refractivity contribution in [3.05, 3.63) is 78.4 Å². The molecular weight excluding hydrogens is 434 g/mol. The Balaban J connectivity index is 1.54. The van der Waals surface area contributed by atoms with E-state index in [4.69, 9.17) is 4.74 Å². The summed E-state index contributed by atoms with van der Waals surface area (Å²) >= 11 is 1.21. The summed E-state index contributed by atoms with van der Waals surface area (Å²) in [4.78, 5) is 17.3. The molecule has 0 saturated carbocycles. The van der Waals surface area contributed by atoms with E-state index in [1.54, 1.807) is 36.4 Å². The lowest BCUT2D eigenvalue weighted by atomic mass is 10.2. The minimum Gasteiger partial charge on any atom is -0.457 e. The van der Waals surface area contributed by atoms with Gasteiger partial charge in [0.1, 0.15) is 11.5 Å². The van der Waals surface area contributed by atoms with Crippen LogP contribution in [0.5, 0.6) is 11.5 Å². The van der Waals surface area contributed by atoms with Crippen molar-refractivity contribution in [2.24, 2.45) is 0 Å². The number of thiazole rings is 1. The molecule has 0 spiro atoms. The van der Waals surface area contributed by atoms with Gasteiger partial charge in [-0.3, -0.25) is 10.1 Å². The van der Waals surface area contributed by atoms with Gasteiger partial charge < -0.3 is 4.74 Å². The monoisotopic (exact) mass is 453 g/mol. The predicted molar refractivity (Wildman–Crippen MR) is 121 cm³/mol. The van der Waals surface area contributed by atoms with E-state index in [9.17, 15) is 13.2 Å². The molecule has 3 aromatic carbocycles. The number of carbonyl (C=O) groups excluding carboxylic acids is 1. The summed E-state index contributed by atoms with van der Waals surface area (Å²) in [6, 6.07) is 20.8. The highest BCUT2D eigenvalue weighted by Gasteiger charge is 2.19. The first-order valence-electron chi connectivity index (χ1n) is 9.30. The quantitative estimate of drug-likeness (QED) is 0.461. The summed E-state index contributed by atoms with van der Waals surface area (Å²) in [5.74, 6) is 0.884. The number of hydrogen-bond donors (Lipinski definition) is 1. The summed E-state index contributed by atoms with van der Waals surface area (Å²) in [5, 5.41) is 3.16. The van der Waals surface area contributed by atoms with Gasteiger partial charge in [0.05, 0.1) is 15.1 Å². The number of benzene rings is 3. The molecule has 0 atom stereocenters. The smallest absolute Gasteiger partial charge is 0.257 e. The molecule has 9 heteroatoms. The van der Waals surface area contributed by atoms with Crippen molar-refractivity contribution >= 4 is 42.6 Å². The van der Waals surface area contributed by atoms with Crippen LogP contribution in [-0.4, -0.2) is 37.7 Å². The SMILES string of the molecule is CN(C)S(=O)(=O)c1ccc2nc(NC(=O)c3cccc(Oc4ccccc4)c3)sc2c1. The largest absolute Gasteiger partial charge is 0.457 e. The van der Waals surface area contributed by atoms with E-state index in [-0.39, 0.29) is 10.8 Å². The van der Waals surface area contributed by atoms with Gasteiger partial charge in [-0.25, -0.2) is 17.7 Å². The molecule has 0 saturated heterocycles. The van der Waals surface area contributed by atoms with Crippen LogP contribution >= 0.6 is 11.3 Å². The highest BCUT2D eigenvalue weighted by molar-refractivity contribution is 7.89. The van der Waals surface area contributed by atoms with Gasteiger partial charge in [-0.15, -0.1) is 0 Å². The van der Waals surface area contributed by atoms with E-state index in [2.05, 4.69) is 10.3 Å². The molecule has 0 aliphatic heterocycles.